The van der Waals surface area contributed by atoms with Gasteiger partial charge in [0.2, 0.25) is 0 Å². The summed E-state index contributed by atoms with van der Waals surface area (Å²) in [5.74, 6) is 0.00623. The summed E-state index contributed by atoms with van der Waals surface area (Å²) < 4.78 is 5.07. The average Bonchev–Trinajstić information content (AvgIpc) is 2.40. The number of hydrogen-bond donors (Lipinski definition) is 1. The summed E-state index contributed by atoms with van der Waals surface area (Å²) in [7, 11) is 1.57. The molecule has 2 rings (SSSR count). The van der Waals surface area contributed by atoms with Gasteiger partial charge in [-0.05, 0) is 30.5 Å². The van der Waals surface area contributed by atoms with Gasteiger partial charge in [0.1, 0.15) is 11.5 Å². The molecule has 1 aliphatic carbocycles. The standard InChI is InChI=1S/C14H16O4/c1-18-12-4-2-10(3-5-12)14(13(16)17)8-6-11(15)7-9-14/h2-5H,6-9H2,1H3,(H,16,17). The zero-order valence-corrected chi connectivity index (χ0v) is 10.3. The highest BCUT2D eigenvalue weighted by Gasteiger charge is 2.43. The van der Waals surface area contributed by atoms with Crippen LogP contribution in [0.5, 0.6) is 5.75 Å². The van der Waals surface area contributed by atoms with Gasteiger partial charge in [-0.25, -0.2) is 0 Å². The lowest BCUT2D eigenvalue weighted by atomic mass is 9.69. The summed E-state index contributed by atoms with van der Waals surface area (Å²) in [4.78, 5) is 22.9. The second kappa shape index (κ2) is 4.80. The topological polar surface area (TPSA) is 63.6 Å². The highest BCUT2D eigenvalue weighted by Crippen LogP contribution is 2.39. The summed E-state index contributed by atoms with van der Waals surface area (Å²) in [5.41, 5.74) is -0.163. The Labute approximate surface area is 106 Å². The number of carboxylic acids is 1. The normalized spacial score (nSPS) is 18.4. The fourth-order valence-corrected chi connectivity index (χ4v) is 2.49. The Balaban J connectivity index is 2.34. The molecule has 0 aromatic heterocycles. The van der Waals surface area contributed by atoms with Gasteiger partial charge >= 0.3 is 5.97 Å². The van der Waals surface area contributed by atoms with Gasteiger partial charge < -0.3 is 9.84 Å². The van der Waals surface area contributed by atoms with E-state index in [1.54, 1.807) is 31.4 Å². The Morgan fingerprint density at radius 3 is 2.22 bits per heavy atom. The zero-order chi connectivity index (χ0) is 13.2. The average molecular weight is 248 g/mol. The number of ether oxygens (including phenoxy) is 1. The molecule has 0 spiro atoms. The van der Waals surface area contributed by atoms with Crippen molar-refractivity contribution in [2.75, 3.05) is 7.11 Å². The van der Waals surface area contributed by atoms with E-state index >= 15 is 0 Å². The maximum Gasteiger partial charge on any atom is 0.314 e. The van der Waals surface area contributed by atoms with Crippen LogP contribution in [0.1, 0.15) is 31.2 Å². The van der Waals surface area contributed by atoms with Crippen molar-refractivity contribution in [1.29, 1.82) is 0 Å². The predicted molar refractivity (Wildman–Crippen MR) is 65.8 cm³/mol. The van der Waals surface area contributed by atoms with E-state index in [1.807, 2.05) is 0 Å². The Morgan fingerprint density at radius 1 is 1.22 bits per heavy atom. The second-order valence-electron chi connectivity index (χ2n) is 4.65. The third-order valence-electron chi connectivity index (χ3n) is 3.71. The van der Waals surface area contributed by atoms with E-state index in [2.05, 4.69) is 0 Å². The minimum Gasteiger partial charge on any atom is -0.497 e. The fourth-order valence-electron chi connectivity index (χ4n) is 2.49. The van der Waals surface area contributed by atoms with E-state index in [-0.39, 0.29) is 5.78 Å². The molecular formula is C14H16O4. The van der Waals surface area contributed by atoms with Crippen molar-refractivity contribution in [3.05, 3.63) is 29.8 Å². The SMILES string of the molecule is COc1ccc(C2(C(=O)O)CCC(=O)CC2)cc1. The predicted octanol–water partition coefficient (Wildman–Crippen LogP) is 2.16. The van der Waals surface area contributed by atoms with Gasteiger partial charge in [-0.1, -0.05) is 12.1 Å². The molecule has 1 aromatic rings. The van der Waals surface area contributed by atoms with E-state index in [1.165, 1.54) is 0 Å². The van der Waals surface area contributed by atoms with Crippen molar-refractivity contribution >= 4 is 11.8 Å². The van der Waals surface area contributed by atoms with Gasteiger partial charge in [0.05, 0.1) is 12.5 Å². The molecule has 1 saturated carbocycles. The molecule has 4 nitrogen and oxygen atoms in total. The first-order valence-electron chi connectivity index (χ1n) is 5.98. The summed E-state index contributed by atoms with van der Waals surface area (Å²) in [6.07, 6.45) is 1.46. The Kier molecular flexibility index (Phi) is 3.36. The number of aliphatic carboxylic acids is 1. The Bertz CT molecular complexity index is 451. The first-order valence-corrected chi connectivity index (χ1v) is 5.98. The zero-order valence-electron chi connectivity index (χ0n) is 10.3. The van der Waals surface area contributed by atoms with Crippen LogP contribution in [0.15, 0.2) is 24.3 Å². The van der Waals surface area contributed by atoms with Crippen molar-refractivity contribution in [2.24, 2.45) is 0 Å². The van der Waals surface area contributed by atoms with E-state index in [0.29, 0.717) is 31.4 Å². The molecule has 0 aliphatic heterocycles. The van der Waals surface area contributed by atoms with E-state index in [9.17, 15) is 14.7 Å². The lowest BCUT2D eigenvalue weighted by Gasteiger charge is -2.33. The third-order valence-corrected chi connectivity index (χ3v) is 3.71. The molecule has 1 fully saturated rings. The first-order chi connectivity index (χ1) is 8.58. The summed E-state index contributed by atoms with van der Waals surface area (Å²) in [6, 6.07) is 7.08. The highest BCUT2D eigenvalue weighted by atomic mass is 16.5. The molecule has 96 valence electrons. The van der Waals surface area contributed by atoms with Gasteiger partial charge in [-0.2, -0.15) is 0 Å². The fraction of sp³-hybridized carbons (Fsp3) is 0.429. The van der Waals surface area contributed by atoms with E-state index in [4.69, 9.17) is 4.74 Å². The minimum absolute atomic E-state index is 0.153. The molecule has 4 heteroatoms. The number of benzene rings is 1. The maximum absolute atomic E-state index is 11.6. The van der Waals surface area contributed by atoms with Crippen LogP contribution >= 0.6 is 0 Å². The molecule has 1 aliphatic rings. The van der Waals surface area contributed by atoms with Gasteiger partial charge in [0.25, 0.3) is 0 Å². The first kappa shape index (κ1) is 12.6. The molecule has 1 N–H and O–H groups in total. The number of hydrogen-bond acceptors (Lipinski definition) is 3. The van der Waals surface area contributed by atoms with Crippen LogP contribution in [0.2, 0.25) is 0 Å². The van der Waals surface area contributed by atoms with Crippen LogP contribution in [0, 0.1) is 0 Å². The van der Waals surface area contributed by atoms with E-state index < -0.39 is 11.4 Å². The molecule has 0 saturated heterocycles. The summed E-state index contributed by atoms with van der Waals surface area (Å²) in [5, 5.41) is 9.51. The molecule has 0 heterocycles. The monoisotopic (exact) mass is 248 g/mol. The van der Waals surface area contributed by atoms with Crippen LogP contribution in [0.25, 0.3) is 0 Å². The maximum atomic E-state index is 11.6. The van der Waals surface area contributed by atoms with Crippen LogP contribution < -0.4 is 4.74 Å². The van der Waals surface area contributed by atoms with Gasteiger partial charge in [0, 0.05) is 12.8 Å². The third kappa shape index (κ3) is 2.10. The van der Waals surface area contributed by atoms with Crippen molar-refractivity contribution in [1.82, 2.24) is 0 Å². The number of methoxy groups -OCH3 is 1. The largest absolute Gasteiger partial charge is 0.497 e. The molecular weight excluding hydrogens is 232 g/mol. The Morgan fingerprint density at radius 2 is 1.78 bits per heavy atom. The van der Waals surface area contributed by atoms with Crippen molar-refractivity contribution in [3.63, 3.8) is 0 Å². The van der Waals surface area contributed by atoms with E-state index in [0.717, 1.165) is 5.56 Å². The second-order valence-corrected chi connectivity index (χ2v) is 4.65. The van der Waals surface area contributed by atoms with Crippen LogP contribution in [-0.2, 0) is 15.0 Å². The minimum atomic E-state index is -0.916. The van der Waals surface area contributed by atoms with Crippen molar-refractivity contribution < 1.29 is 19.4 Å². The van der Waals surface area contributed by atoms with Crippen LogP contribution in [0.3, 0.4) is 0 Å². The Hall–Kier alpha value is -1.84. The number of rotatable bonds is 3. The highest BCUT2D eigenvalue weighted by molar-refractivity contribution is 5.87. The summed E-state index contributed by atoms with van der Waals surface area (Å²) in [6.45, 7) is 0. The van der Waals surface area contributed by atoms with Crippen molar-refractivity contribution in [2.45, 2.75) is 31.1 Å². The lowest BCUT2D eigenvalue weighted by Crippen LogP contribution is -2.39. The molecule has 0 radical (unpaired) electrons. The van der Waals surface area contributed by atoms with Crippen LogP contribution in [0.4, 0.5) is 0 Å². The van der Waals surface area contributed by atoms with Gasteiger partial charge in [0.15, 0.2) is 0 Å². The van der Waals surface area contributed by atoms with Crippen molar-refractivity contribution in [3.8, 4) is 5.75 Å². The number of carboxylic acid groups (broad SMARTS) is 1. The molecule has 0 amide bonds. The smallest absolute Gasteiger partial charge is 0.314 e. The number of carbonyl (C=O) groups is 2. The quantitative estimate of drug-likeness (QED) is 0.890. The van der Waals surface area contributed by atoms with Crippen LogP contribution in [-0.4, -0.2) is 24.0 Å². The molecule has 1 aromatic carbocycles. The van der Waals surface area contributed by atoms with Gasteiger partial charge in [-0.3, -0.25) is 9.59 Å². The molecule has 18 heavy (non-hydrogen) atoms. The van der Waals surface area contributed by atoms with Gasteiger partial charge in [-0.15, -0.1) is 0 Å². The number of ketones is 1. The summed E-state index contributed by atoms with van der Waals surface area (Å²) >= 11 is 0. The number of carbonyl (C=O) groups excluding carboxylic acids is 1. The molecule has 0 unspecified atom stereocenters. The molecule has 0 atom stereocenters. The lowest BCUT2D eigenvalue weighted by molar-refractivity contribution is -0.146. The number of Topliss-reactive ketones (excluding diaryl/α,β-unsaturated/α-hetero) is 1. The molecule has 0 bridgehead atoms.